The molecule has 2 nitrogen and oxygen atoms in total. The van der Waals surface area contributed by atoms with E-state index in [9.17, 15) is 5.11 Å². The molecule has 4 heteroatoms. The monoisotopic (exact) mass is 463 g/mol. The molecule has 2 rings (SSSR count). The summed E-state index contributed by atoms with van der Waals surface area (Å²) < 4.78 is 1.92. The molecule has 0 bridgehead atoms. The Morgan fingerprint density at radius 3 is 2.50 bits per heavy atom. The van der Waals surface area contributed by atoms with Crippen LogP contribution in [0.25, 0.3) is 0 Å². The number of nitrogens with zero attached hydrogens (tertiary/aromatic N) is 1. The van der Waals surface area contributed by atoms with Gasteiger partial charge in [-0.1, -0.05) is 30.3 Å². The molecular formula is C14H11I2NO. The molecule has 1 N–H and O–H groups in total. The van der Waals surface area contributed by atoms with Gasteiger partial charge < -0.3 is 5.11 Å². The first-order valence-electron chi connectivity index (χ1n) is 5.38. The van der Waals surface area contributed by atoms with Gasteiger partial charge in [-0.25, -0.2) is 0 Å². The molecule has 18 heavy (non-hydrogen) atoms. The molecule has 0 aliphatic carbocycles. The summed E-state index contributed by atoms with van der Waals surface area (Å²) in [5.41, 5.74) is 2.10. The minimum atomic E-state index is 0.309. The van der Waals surface area contributed by atoms with Crippen molar-refractivity contribution in [1.29, 1.82) is 0 Å². The number of aliphatic imine (C=N–C) groups is 1. The fraction of sp³-hybridized carbons (Fsp3) is 0.0714. The lowest BCUT2D eigenvalue weighted by atomic mass is 10.2. The minimum Gasteiger partial charge on any atom is -0.507 e. The van der Waals surface area contributed by atoms with E-state index >= 15 is 0 Å². The van der Waals surface area contributed by atoms with Crippen LogP contribution in [0.2, 0.25) is 0 Å². The van der Waals surface area contributed by atoms with Crippen LogP contribution in [0.4, 0.5) is 0 Å². The predicted octanol–water partition coefficient (Wildman–Crippen LogP) is 4.22. The predicted molar refractivity (Wildman–Crippen MR) is 91.3 cm³/mol. The van der Waals surface area contributed by atoms with Crippen LogP contribution in [0.15, 0.2) is 47.5 Å². The van der Waals surface area contributed by atoms with Gasteiger partial charge in [0.25, 0.3) is 0 Å². The van der Waals surface area contributed by atoms with E-state index in [1.165, 1.54) is 5.56 Å². The molecule has 0 heterocycles. The Kier molecular flexibility index (Phi) is 4.99. The summed E-state index contributed by atoms with van der Waals surface area (Å²) in [6, 6.07) is 13.8. The van der Waals surface area contributed by atoms with E-state index in [1.54, 1.807) is 12.3 Å². The molecule has 0 amide bonds. The van der Waals surface area contributed by atoms with Crippen LogP contribution < -0.4 is 0 Å². The highest BCUT2D eigenvalue weighted by Crippen LogP contribution is 2.25. The number of phenolic OH excluding ortho intramolecular Hbond substituents is 1. The number of rotatable bonds is 3. The van der Waals surface area contributed by atoms with Crippen molar-refractivity contribution >= 4 is 51.4 Å². The van der Waals surface area contributed by atoms with Gasteiger partial charge in [-0.05, 0) is 68.4 Å². The molecule has 0 aliphatic rings. The maximum absolute atomic E-state index is 9.72. The van der Waals surface area contributed by atoms with Gasteiger partial charge >= 0.3 is 0 Å². The molecular weight excluding hydrogens is 452 g/mol. The van der Waals surface area contributed by atoms with E-state index in [0.717, 1.165) is 12.7 Å². The number of hydrogen-bond donors (Lipinski definition) is 1. The highest BCUT2D eigenvalue weighted by molar-refractivity contribution is 14.1. The van der Waals surface area contributed by atoms with E-state index in [0.29, 0.717) is 12.3 Å². The van der Waals surface area contributed by atoms with Gasteiger partial charge in [-0.3, -0.25) is 4.99 Å². The van der Waals surface area contributed by atoms with Gasteiger partial charge in [0.2, 0.25) is 0 Å². The number of halogens is 2. The summed E-state index contributed by atoms with van der Waals surface area (Å²) >= 11 is 4.34. The molecule has 0 saturated carbocycles. The Balaban J connectivity index is 2.10. The first-order chi connectivity index (χ1) is 8.66. The number of aromatic hydroxyl groups is 1. The third-order valence-electron chi connectivity index (χ3n) is 2.39. The zero-order valence-electron chi connectivity index (χ0n) is 9.48. The van der Waals surface area contributed by atoms with Crippen LogP contribution in [-0.2, 0) is 6.54 Å². The topological polar surface area (TPSA) is 32.6 Å². The molecule has 0 aromatic heterocycles. The molecule has 0 aliphatic heterocycles. The Morgan fingerprint density at radius 1 is 1.11 bits per heavy atom. The lowest BCUT2D eigenvalue weighted by Gasteiger charge is -2.02. The van der Waals surface area contributed by atoms with Crippen molar-refractivity contribution in [1.82, 2.24) is 0 Å². The second-order valence-corrected chi connectivity index (χ2v) is 6.03. The van der Waals surface area contributed by atoms with Crippen molar-refractivity contribution in [2.45, 2.75) is 6.54 Å². The highest BCUT2D eigenvalue weighted by atomic mass is 127. The van der Waals surface area contributed by atoms with E-state index in [-0.39, 0.29) is 0 Å². The van der Waals surface area contributed by atoms with Gasteiger partial charge in [0, 0.05) is 9.78 Å². The van der Waals surface area contributed by atoms with Gasteiger partial charge in [0.05, 0.1) is 10.1 Å². The Labute approximate surface area is 133 Å². The van der Waals surface area contributed by atoms with E-state index < -0.39 is 0 Å². The molecule has 0 radical (unpaired) electrons. The number of hydrogen-bond acceptors (Lipinski definition) is 2. The maximum atomic E-state index is 9.72. The second kappa shape index (κ2) is 6.51. The largest absolute Gasteiger partial charge is 0.507 e. The van der Waals surface area contributed by atoms with Crippen LogP contribution >= 0.6 is 45.2 Å². The zero-order chi connectivity index (χ0) is 13.0. The van der Waals surface area contributed by atoms with Crippen molar-refractivity contribution in [3.8, 4) is 5.75 Å². The quantitative estimate of drug-likeness (QED) is 0.537. The third kappa shape index (κ3) is 3.68. The van der Waals surface area contributed by atoms with Crippen molar-refractivity contribution < 1.29 is 5.11 Å². The van der Waals surface area contributed by atoms with Gasteiger partial charge in [0.1, 0.15) is 5.75 Å². The lowest BCUT2D eigenvalue weighted by Crippen LogP contribution is -1.88. The summed E-state index contributed by atoms with van der Waals surface area (Å²) in [7, 11) is 0. The average molecular weight is 463 g/mol. The summed E-state index contributed by atoms with van der Waals surface area (Å²) in [4.78, 5) is 4.38. The fourth-order valence-electron chi connectivity index (χ4n) is 1.51. The van der Waals surface area contributed by atoms with Crippen LogP contribution in [0.1, 0.15) is 11.1 Å². The molecule has 0 spiro atoms. The molecule has 0 unspecified atom stereocenters. The standard InChI is InChI=1S/C14H11I2NO/c15-12-6-11(7-13(18)14(12)16)9-17-8-10-4-2-1-3-5-10/h1-7,9,18H,8H2. The van der Waals surface area contributed by atoms with Gasteiger partial charge in [-0.2, -0.15) is 0 Å². The van der Waals surface area contributed by atoms with Crippen LogP contribution in [0.3, 0.4) is 0 Å². The highest BCUT2D eigenvalue weighted by Gasteiger charge is 2.03. The third-order valence-corrected chi connectivity index (χ3v) is 5.40. The lowest BCUT2D eigenvalue weighted by molar-refractivity contribution is 0.471. The molecule has 2 aromatic carbocycles. The molecule has 0 saturated heterocycles. The van der Waals surface area contributed by atoms with E-state index in [2.05, 4.69) is 50.2 Å². The summed E-state index contributed by atoms with van der Waals surface area (Å²) in [6.07, 6.45) is 1.80. The Hall–Kier alpha value is -0.630. The fourth-order valence-corrected chi connectivity index (χ4v) is 2.46. The van der Waals surface area contributed by atoms with Crippen LogP contribution in [0.5, 0.6) is 5.75 Å². The van der Waals surface area contributed by atoms with E-state index in [4.69, 9.17) is 0 Å². The molecule has 92 valence electrons. The second-order valence-electron chi connectivity index (χ2n) is 3.79. The first kappa shape index (κ1) is 13.8. The molecule has 0 fully saturated rings. The summed E-state index contributed by atoms with van der Waals surface area (Å²) in [6.45, 7) is 0.657. The summed E-state index contributed by atoms with van der Waals surface area (Å²) in [5.74, 6) is 0.309. The van der Waals surface area contributed by atoms with E-state index in [1.807, 2.05) is 36.4 Å². The molecule has 0 atom stereocenters. The van der Waals surface area contributed by atoms with Crippen molar-refractivity contribution in [3.05, 3.63) is 60.7 Å². The number of benzene rings is 2. The number of phenols is 1. The van der Waals surface area contributed by atoms with Gasteiger partial charge in [0.15, 0.2) is 0 Å². The zero-order valence-corrected chi connectivity index (χ0v) is 13.8. The maximum Gasteiger partial charge on any atom is 0.130 e. The SMILES string of the molecule is Oc1cc(C=NCc2ccccc2)cc(I)c1I. The molecule has 2 aromatic rings. The van der Waals surface area contributed by atoms with Crippen LogP contribution in [0, 0.1) is 7.14 Å². The van der Waals surface area contributed by atoms with Crippen molar-refractivity contribution in [2.75, 3.05) is 0 Å². The minimum absolute atomic E-state index is 0.309. The normalized spacial score (nSPS) is 11.0. The van der Waals surface area contributed by atoms with Crippen LogP contribution in [-0.4, -0.2) is 11.3 Å². The smallest absolute Gasteiger partial charge is 0.130 e. The van der Waals surface area contributed by atoms with Crippen molar-refractivity contribution in [2.24, 2.45) is 4.99 Å². The van der Waals surface area contributed by atoms with Crippen molar-refractivity contribution in [3.63, 3.8) is 0 Å². The average Bonchev–Trinajstić information content (AvgIpc) is 2.37. The Bertz CT molecular complexity index is 544. The summed E-state index contributed by atoms with van der Waals surface area (Å²) in [5, 5.41) is 9.72. The Morgan fingerprint density at radius 2 is 1.83 bits per heavy atom. The first-order valence-corrected chi connectivity index (χ1v) is 7.54. The van der Waals surface area contributed by atoms with Gasteiger partial charge in [-0.15, -0.1) is 0 Å².